The first-order valence-corrected chi connectivity index (χ1v) is 11.6. The minimum atomic E-state index is -0.576. The predicted molar refractivity (Wildman–Crippen MR) is 129 cm³/mol. The van der Waals surface area contributed by atoms with E-state index in [1.54, 1.807) is 6.92 Å². The Labute approximate surface area is 199 Å². The van der Waals surface area contributed by atoms with Gasteiger partial charge in [0.15, 0.2) is 0 Å². The summed E-state index contributed by atoms with van der Waals surface area (Å²) in [6.07, 6.45) is 2.10. The molecular formula is C27H28N4O3. The molecule has 2 aliphatic heterocycles. The Morgan fingerprint density at radius 3 is 2.38 bits per heavy atom. The summed E-state index contributed by atoms with van der Waals surface area (Å²) in [5.74, 6) is -0.421. The van der Waals surface area contributed by atoms with Gasteiger partial charge in [0.1, 0.15) is 0 Å². The summed E-state index contributed by atoms with van der Waals surface area (Å²) in [6, 6.07) is 23.2. The SMILES string of the molecule is CCOC(=O)C1=C(CN2CCn3cccc3[C@H]2c2ccccc2)NC(=O)N[C@@H]1c1ccccc1. The van der Waals surface area contributed by atoms with Crippen molar-refractivity contribution in [2.45, 2.75) is 25.6 Å². The molecule has 174 valence electrons. The summed E-state index contributed by atoms with van der Waals surface area (Å²) in [7, 11) is 0. The molecule has 0 radical (unpaired) electrons. The molecule has 2 atom stereocenters. The number of nitrogens with zero attached hydrogens (tertiary/aromatic N) is 2. The lowest BCUT2D eigenvalue weighted by Crippen LogP contribution is -2.50. The van der Waals surface area contributed by atoms with Crippen LogP contribution in [0.5, 0.6) is 0 Å². The molecule has 0 spiro atoms. The van der Waals surface area contributed by atoms with Crippen molar-refractivity contribution in [3.63, 3.8) is 0 Å². The average Bonchev–Trinajstić information content (AvgIpc) is 3.33. The van der Waals surface area contributed by atoms with E-state index < -0.39 is 12.0 Å². The first-order chi connectivity index (χ1) is 16.7. The van der Waals surface area contributed by atoms with E-state index >= 15 is 0 Å². The Kier molecular flexibility index (Phi) is 6.18. The first kappa shape index (κ1) is 22.0. The minimum absolute atomic E-state index is 0.00265. The van der Waals surface area contributed by atoms with Crippen LogP contribution in [0.25, 0.3) is 0 Å². The highest BCUT2D eigenvalue weighted by molar-refractivity contribution is 5.95. The summed E-state index contributed by atoms with van der Waals surface area (Å²) in [5.41, 5.74) is 4.22. The number of fused-ring (bicyclic) bond motifs is 1. The van der Waals surface area contributed by atoms with Crippen LogP contribution in [-0.4, -0.2) is 41.2 Å². The number of rotatable bonds is 6. The molecule has 0 bridgehead atoms. The molecular weight excluding hydrogens is 428 g/mol. The minimum Gasteiger partial charge on any atom is -0.463 e. The predicted octanol–water partition coefficient (Wildman–Crippen LogP) is 3.76. The summed E-state index contributed by atoms with van der Waals surface area (Å²) in [4.78, 5) is 28.2. The van der Waals surface area contributed by atoms with Crippen LogP contribution in [0.2, 0.25) is 0 Å². The number of amides is 2. The van der Waals surface area contributed by atoms with Gasteiger partial charge in [0.2, 0.25) is 0 Å². The molecule has 2 N–H and O–H groups in total. The van der Waals surface area contributed by atoms with Gasteiger partial charge in [-0.05, 0) is 30.2 Å². The summed E-state index contributed by atoms with van der Waals surface area (Å²) < 4.78 is 7.70. The monoisotopic (exact) mass is 456 g/mol. The molecule has 34 heavy (non-hydrogen) atoms. The summed E-state index contributed by atoms with van der Waals surface area (Å²) >= 11 is 0. The lowest BCUT2D eigenvalue weighted by atomic mass is 9.94. The molecule has 7 heteroatoms. The standard InChI is InChI=1S/C27H28N4O3/c1-2-34-26(32)23-21(28-27(33)29-24(23)19-10-5-3-6-11-19)18-31-17-16-30-15-9-14-22(30)25(31)20-12-7-4-8-13-20/h3-15,24-25H,2,16-18H2,1H3,(H2,28,29,33)/t24-,25-/m1/s1. The van der Waals surface area contributed by atoms with Crippen LogP contribution in [0.3, 0.4) is 0 Å². The van der Waals surface area contributed by atoms with Crippen LogP contribution in [0, 0.1) is 0 Å². The lowest BCUT2D eigenvalue weighted by molar-refractivity contribution is -0.139. The Morgan fingerprint density at radius 1 is 0.971 bits per heavy atom. The number of carbonyl (C=O) groups is 2. The number of hydrogen-bond acceptors (Lipinski definition) is 4. The second kappa shape index (κ2) is 9.57. The van der Waals surface area contributed by atoms with Crippen molar-refractivity contribution in [1.29, 1.82) is 0 Å². The van der Waals surface area contributed by atoms with E-state index in [2.05, 4.69) is 50.6 Å². The number of urea groups is 1. The van der Waals surface area contributed by atoms with Crippen LogP contribution in [0.15, 0.2) is 90.3 Å². The molecule has 7 nitrogen and oxygen atoms in total. The van der Waals surface area contributed by atoms with Crippen LogP contribution in [0.4, 0.5) is 4.79 Å². The Balaban J connectivity index is 1.57. The second-order valence-corrected chi connectivity index (χ2v) is 8.47. The molecule has 3 aromatic rings. The van der Waals surface area contributed by atoms with Gasteiger partial charge < -0.3 is 19.9 Å². The fraction of sp³-hybridized carbons (Fsp3) is 0.259. The number of ether oxygens (including phenoxy) is 1. The van der Waals surface area contributed by atoms with Gasteiger partial charge in [-0.2, -0.15) is 0 Å². The van der Waals surface area contributed by atoms with Crippen molar-refractivity contribution in [2.24, 2.45) is 0 Å². The van der Waals surface area contributed by atoms with Gasteiger partial charge in [-0.1, -0.05) is 60.7 Å². The summed E-state index contributed by atoms with van der Waals surface area (Å²) in [6.45, 7) is 4.07. The van der Waals surface area contributed by atoms with Crippen molar-refractivity contribution < 1.29 is 14.3 Å². The quantitative estimate of drug-likeness (QED) is 0.554. The molecule has 2 aliphatic rings. The molecule has 2 amide bonds. The Bertz CT molecular complexity index is 1200. The van der Waals surface area contributed by atoms with E-state index in [1.807, 2.05) is 48.5 Å². The van der Waals surface area contributed by atoms with Crippen molar-refractivity contribution in [2.75, 3.05) is 19.7 Å². The van der Waals surface area contributed by atoms with Crippen LogP contribution in [0.1, 0.15) is 35.8 Å². The molecule has 2 aromatic carbocycles. The number of benzene rings is 2. The lowest BCUT2D eigenvalue weighted by Gasteiger charge is -2.39. The van der Waals surface area contributed by atoms with Gasteiger partial charge in [-0.25, -0.2) is 9.59 Å². The number of nitrogens with one attached hydrogen (secondary N) is 2. The fourth-order valence-corrected chi connectivity index (χ4v) is 4.91. The normalized spacial score (nSPS) is 20.3. The average molecular weight is 457 g/mol. The van der Waals surface area contributed by atoms with E-state index in [4.69, 9.17) is 4.74 Å². The van der Waals surface area contributed by atoms with Gasteiger partial charge in [0.25, 0.3) is 0 Å². The molecule has 1 aromatic heterocycles. The number of aromatic nitrogens is 1. The first-order valence-electron chi connectivity index (χ1n) is 11.6. The maximum atomic E-state index is 13.2. The molecule has 0 fully saturated rings. The third-order valence-corrected chi connectivity index (χ3v) is 6.40. The molecule has 0 saturated heterocycles. The number of carbonyl (C=O) groups excluding carboxylic acids is 2. The van der Waals surface area contributed by atoms with Crippen molar-refractivity contribution in [3.8, 4) is 0 Å². The highest BCUT2D eigenvalue weighted by Gasteiger charge is 2.36. The number of hydrogen-bond donors (Lipinski definition) is 2. The Morgan fingerprint density at radius 2 is 1.68 bits per heavy atom. The molecule has 0 aliphatic carbocycles. The van der Waals surface area contributed by atoms with Crippen molar-refractivity contribution >= 4 is 12.0 Å². The van der Waals surface area contributed by atoms with Crippen LogP contribution >= 0.6 is 0 Å². The maximum absolute atomic E-state index is 13.2. The fourth-order valence-electron chi connectivity index (χ4n) is 4.91. The molecule has 0 unspecified atom stereocenters. The zero-order valence-electron chi connectivity index (χ0n) is 19.1. The van der Waals surface area contributed by atoms with Gasteiger partial charge in [-0.3, -0.25) is 4.90 Å². The van der Waals surface area contributed by atoms with Crippen LogP contribution in [-0.2, 0) is 16.1 Å². The third-order valence-electron chi connectivity index (χ3n) is 6.40. The van der Waals surface area contributed by atoms with Crippen LogP contribution < -0.4 is 10.6 Å². The van der Waals surface area contributed by atoms with E-state index in [9.17, 15) is 9.59 Å². The highest BCUT2D eigenvalue weighted by atomic mass is 16.5. The molecule has 3 heterocycles. The largest absolute Gasteiger partial charge is 0.463 e. The van der Waals surface area contributed by atoms with Crippen molar-refractivity contribution in [1.82, 2.24) is 20.1 Å². The van der Waals surface area contributed by atoms with E-state index in [0.717, 1.165) is 18.7 Å². The van der Waals surface area contributed by atoms with Gasteiger partial charge >= 0.3 is 12.0 Å². The zero-order chi connectivity index (χ0) is 23.5. The number of esters is 1. The van der Waals surface area contributed by atoms with E-state index in [1.165, 1.54) is 11.3 Å². The van der Waals surface area contributed by atoms with Gasteiger partial charge in [0, 0.05) is 37.2 Å². The smallest absolute Gasteiger partial charge is 0.338 e. The Hall–Kier alpha value is -3.84. The van der Waals surface area contributed by atoms with E-state index in [0.29, 0.717) is 17.8 Å². The highest BCUT2D eigenvalue weighted by Crippen LogP contribution is 2.34. The molecule has 5 rings (SSSR count). The maximum Gasteiger partial charge on any atom is 0.338 e. The zero-order valence-corrected chi connectivity index (χ0v) is 19.1. The topological polar surface area (TPSA) is 75.6 Å². The van der Waals surface area contributed by atoms with Crippen molar-refractivity contribution in [3.05, 3.63) is 107 Å². The van der Waals surface area contributed by atoms with Gasteiger partial charge in [0.05, 0.1) is 24.3 Å². The molecule has 0 saturated carbocycles. The van der Waals surface area contributed by atoms with E-state index in [-0.39, 0.29) is 18.7 Å². The third kappa shape index (κ3) is 4.22. The summed E-state index contributed by atoms with van der Waals surface area (Å²) in [5, 5.41) is 5.84. The van der Waals surface area contributed by atoms with Gasteiger partial charge in [-0.15, -0.1) is 0 Å². The second-order valence-electron chi connectivity index (χ2n) is 8.47.